The van der Waals surface area contributed by atoms with Crippen molar-refractivity contribution >= 4 is 5.91 Å². The van der Waals surface area contributed by atoms with Crippen LogP contribution in [-0.4, -0.2) is 193 Å². The second-order valence-electron chi connectivity index (χ2n) is 22.1. The van der Waals surface area contributed by atoms with Gasteiger partial charge in [0.15, 0.2) is 18.9 Å². The lowest BCUT2D eigenvalue weighted by Crippen LogP contribution is -2.66. The summed E-state index contributed by atoms with van der Waals surface area (Å²) in [6.07, 6.45) is 26.9. The molecule has 0 spiro atoms. The number of unbranched alkanes of at least 4 members (excludes halogenated alkanes) is 17. The van der Waals surface area contributed by atoms with E-state index in [0.717, 1.165) is 70.6 Å². The van der Waals surface area contributed by atoms with Crippen molar-refractivity contribution in [2.75, 3.05) is 26.4 Å². The molecule has 3 aliphatic rings. The van der Waals surface area contributed by atoms with Gasteiger partial charge in [0.2, 0.25) is 5.91 Å². The second kappa shape index (κ2) is 45.5. The maximum atomic E-state index is 13.4. The number of carbonyl (C=O) groups is 1. The summed E-state index contributed by atoms with van der Waals surface area (Å²) in [5.41, 5.74) is 0. The molecule has 0 bridgehead atoms. The van der Waals surface area contributed by atoms with E-state index in [1.165, 1.54) is 77.0 Å². The first-order valence-corrected chi connectivity index (χ1v) is 31.2. The predicted octanol–water partition coefficient (Wildman–Crippen LogP) is 6.21. The first-order chi connectivity index (χ1) is 39.8. The Bertz CT molecular complexity index is 1780. The van der Waals surface area contributed by atoms with Crippen LogP contribution in [0.1, 0.15) is 187 Å². The summed E-state index contributed by atoms with van der Waals surface area (Å²) in [7, 11) is 0. The van der Waals surface area contributed by atoms with Crippen LogP contribution in [0.15, 0.2) is 72.9 Å². The van der Waals surface area contributed by atoms with Crippen LogP contribution < -0.4 is 5.32 Å². The van der Waals surface area contributed by atoms with E-state index in [4.69, 9.17) is 28.4 Å². The molecule has 0 aliphatic carbocycles. The highest BCUT2D eigenvalue weighted by Crippen LogP contribution is 2.33. The third-order valence-electron chi connectivity index (χ3n) is 15.3. The monoisotopic (exact) mass is 1170 g/mol. The van der Waals surface area contributed by atoms with Crippen molar-refractivity contribution in [3.8, 4) is 0 Å². The fourth-order valence-corrected chi connectivity index (χ4v) is 10.2. The van der Waals surface area contributed by atoms with E-state index in [1.807, 2.05) is 0 Å². The normalized spacial score (nSPS) is 30.1. The van der Waals surface area contributed by atoms with Crippen molar-refractivity contribution in [2.24, 2.45) is 0 Å². The standard InChI is InChI=1S/C63H109NO18/c1-3-5-7-9-11-13-15-17-19-21-22-23-24-25-27-29-31-33-35-37-39-41-51(69)64-46(47(68)40-38-36-34-32-30-28-26-20-18-16-14-12-10-8-6-4-2)45-77-61-57(75)54(72)59(49(43-66)79-61)82-63-58(76)55(73)60(50(44-67)80-63)81-62-56(74)53(71)52(70)48(42-65)78-62/h5,7,11,13,17,19,22-23,25,27,31,33,46-50,52-63,65-68,70-76H,3-4,6,8-10,12,14-16,18,20-21,24,26,28-30,32,34-45H2,1-2H3,(H,64,69)/b7-5-,13-11-,19-17-,23-22-,27-25-,33-31-. The molecule has 3 heterocycles. The van der Waals surface area contributed by atoms with Gasteiger partial charge in [-0.15, -0.1) is 0 Å². The van der Waals surface area contributed by atoms with Gasteiger partial charge >= 0.3 is 0 Å². The van der Waals surface area contributed by atoms with Crippen LogP contribution in [0.2, 0.25) is 0 Å². The highest BCUT2D eigenvalue weighted by Gasteiger charge is 2.53. The topological polar surface area (TPSA) is 307 Å². The van der Waals surface area contributed by atoms with E-state index >= 15 is 0 Å². The van der Waals surface area contributed by atoms with Gasteiger partial charge in [-0.25, -0.2) is 0 Å². The number of allylic oxidation sites excluding steroid dienone is 12. The average Bonchev–Trinajstić information content (AvgIpc) is 3.40. The van der Waals surface area contributed by atoms with Gasteiger partial charge in [-0.3, -0.25) is 4.79 Å². The zero-order valence-corrected chi connectivity index (χ0v) is 49.4. The molecule has 0 saturated carbocycles. The molecule has 19 nitrogen and oxygen atoms in total. The molecule has 0 aromatic rings. The van der Waals surface area contributed by atoms with Crippen LogP contribution in [0.5, 0.6) is 0 Å². The number of amides is 1. The second-order valence-corrected chi connectivity index (χ2v) is 22.1. The molecule has 3 aliphatic heterocycles. The molecule has 17 unspecified atom stereocenters. The highest BCUT2D eigenvalue weighted by molar-refractivity contribution is 5.76. The number of rotatable bonds is 45. The molecule has 3 fully saturated rings. The molecule has 3 saturated heterocycles. The number of nitrogens with one attached hydrogen (secondary N) is 1. The predicted molar refractivity (Wildman–Crippen MR) is 314 cm³/mol. The molecular weight excluding hydrogens is 1060 g/mol. The van der Waals surface area contributed by atoms with Crippen LogP contribution in [0.3, 0.4) is 0 Å². The van der Waals surface area contributed by atoms with Crippen LogP contribution in [0.4, 0.5) is 0 Å². The van der Waals surface area contributed by atoms with E-state index in [1.54, 1.807) is 0 Å². The Morgan fingerprint density at radius 3 is 1.29 bits per heavy atom. The number of ether oxygens (including phenoxy) is 6. The quantitative estimate of drug-likeness (QED) is 0.0238. The fraction of sp³-hybridized carbons (Fsp3) is 0.794. The lowest BCUT2D eigenvalue weighted by Gasteiger charge is -2.48. The summed E-state index contributed by atoms with van der Waals surface area (Å²) in [5.74, 6) is -0.288. The summed E-state index contributed by atoms with van der Waals surface area (Å²) >= 11 is 0. The Labute approximate surface area is 489 Å². The number of hydrogen-bond acceptors (Lipinski definition) is 18. The Morgan fingerprint density at radius 2 is 0.841 bits per heavy atom. The molecule has 474 valence electrons. The summed E-state index contributed by atoms with van der Waals surface area (Å²) in [4.78, 5) is 13.4. The third-order valence-corrected chi connectivity index (χ3v) is 15.3. The highest BCUT2D eigenvalue weighted by atomic mass is 16.8. The smallest absolute Gasteiger partial charge is 0.220 e. The van der Waals surface area contributed by atoms with Crippen molar-refractivity contribution in [1.29, 1.82) is 0 Å². The number of aliphatic hydroxyl groups excluding tert-OH is 11. The Balaban J connectivity index is 1.50. The number of hydrogen-bond donors (Lipinski definition) is 12. The van der Waals surface area contributed by atoms with E-state index < -0.39 is 124 Å². The van der Waals surface area contributed by atoms with Crippen molar-refractivity contribution < 1.29 is 89.4 Å². The Hall–Kier alpha value is -2.77. The van der Waals surface area contributed by atoms with Gasteiger partial charge in [0.1, 0.15) is 73.2 Å². The summed E-state index contributed by atoms with van der Waals surface area (Å²) in [6, 6.07) is -0.914. The number of aliphatic hydroxyl groups is 11. The molecule has 0 radical (unpaired) electrons. The molecular formula is C63H109NO18. The molecule has 1 amide bonds. The van der Waals surface area contributed by atoms with Gasteiger partial charge in [0, 0.05) is 6.42 Å². The maximum absolute atomic E-state index is 13.4. The zero-order chi connectivity index (χ0) is 59.7. The van der Waals surface area contributed by atoms with E-state index in [2.05, 4.69) is 92.1 Å². The van der Waals surface area contributed by atoms with Crippen LogP contribution in [0.25, 0.3) is 0 Å². The van der Waals surface area contributed by atoms with Crippen molar-refractivity contribution in [3.05, 3.63) is 72.9 Å². The summed E-state index contributed by atoms with van der Waals surface area (Å²) in [6.45, 7) is 1.63. The molecule has 0 aromatic heterocycles. The van der Waals surface area contributed by atoms with Gasteiger partial charge < -0.3 is 89.9 Å². The van der Waals surface area contributed by atoms with E-state index in [9.17, 15) is 61.0 Å². The molecule has 19 heteroatoms. The zero-order valence-electron chi connectivity index (χ0n) is 49.4. The SMILES string of the molecule is CC/C=C\C/C=C\C/C=C\C/C=C\C/C=C\C/C=C\CCCCC(=O)NC(COC1OC(CO)C(OC2OC(CO)C(OC3OC(CO)C(O)C(O)C3O)C(O)C2O)C(O)C1O)C(O)CCCCCCCCCCCCCCCCCC. The lowest BCUT2D eigenvalue weighted by molar-refractivity contribution is -0.379. The van der Waals surface area contributed by atoms with Crippen molar-refractivity contribution in [2.45, 2.75) is 291 Å². The minimum atomic E-state index is -1.98. The van der Waals surface area contributed by atoms with E-state index in [0.29, 0.717) is 19.3 Å². The van der Waals surface area contributed by atoms with E-state index in [-0.39, 0.29) is 18.9 Å². The Kier molecular flexibility index (Phi) is 40.8. The van der Waals surface area contributed by atoms with Gasteiger partial charge in [-0.2, -0.15) is 0 Å². The first kappa shape index (κ1) is 73.5. The third kappa shape index (κ3) is 28.6. The fourth-order valence-electron chi connectivity index (χ4n) is 10.2. The largest absolute Gasteiger partial charge is 0.394 e. The van der Waals surface area contributed by atoms with Crippen LogP contribution in [0, 0.1) is 0 Å². The van der Waals surface area contributed by atoms with Gasteiger partial charge in [-0.05, 0) is 64.2 Å². The molecule has 17 atom stereocenters. The molecule has 3 rings (SSSR count). The first-order valence-electron chi connectivity index (χ1n) is 31.2. The summed E-state index contributed by atoms with van der Waals surface area (Å²) < 4.78 is 34.3. The minimum Gasteiger partial charge on any atom is -0.394 e. The average molecular weight is 1170 g/mol. The van der Waals surface area contributed by atoms with Crippen LogP contribution >= 0.6 is 0 Å². The van der Waals surface area contributed by atoms with Gasteiger partial charge in [-0.1, -0.05) is 189 Å². The maximum Gasteiger partial charge on any atom is 0.220 e. The summed E-state index contributed by atoms with van der Waals surface area (Å²) in [5, 5.41) is 120. The lowest BCUT2D eigenvalue weighted by atomic mass is 9.96. The van der Waals surface area contributed by atoms with Gasteiger partial charge in [0.05, 0.1) is 38.6 Å². The van der Waals surface area contributed by atoms with Gasteiger partial charge in [0.25, 0.3) is 0 Å². The van der Waals surface area contributed by atoms with Crippen LogP contribution in [-0.2, 0) is 33.2 Å². The number of carbonyl (C=O) groups excluding carboxylic acids is 1. The van der Waals surface area contributed by atoms with Crippen molar-refractivity contribution in [3.63, 3.8) is 0 Å². The molecule has 82 heavy (non-hydrogen) atoms. The Morgan fingerprint density at radius 1 is 0.451 bits per heavy atom. The van der Waals surface area contributed by atoms with Crippen molar-refractivity contribution in [1.82, 2.24) is 5.32 Å². The molecule has 12 N–H and O–H groups in total. The minimum absolute atomic E-state index is 0.208. The molecule has 0 aromatic carbocycles.